The minimum atomic E-state index is 0.0358. The summed E-state index contributed by atoms with van der Waals surface area (Å²) in [4.78, 5) is 0. The van der Waals surface area contributed by atoms with E-state index in [4.69, 9.17) is 14.6 Å². The zero-order valence-electron chi connectivity index (χ0n) is 14.7. The molecule has 0 saturated carbocycles. The van der Waals surface area contributed by atoms with Crippen LogP contribution in [0.5, 0.6) is 5.75 Å². The lowest BCUT2D eigenvalue weighted by Crippen LogP contribution is -2.09. The highest BCUT2D eigenvalue weighted by molar-refractivity contribution is 5.81. The normalized spacial score (nSPS) is 11.9. The van der Waals surface area contributed by atoms with Crippen molar-refractivity contribution in [1.29, 1.82) is 0 Å². The van der Waals surface area contributed by atoms with E-state index >= 15 is 0 Å². The molecule has 1 aliphatic carbocycles. The van der Waals surface area contributed by atoms with Crippen molar-refractivity contribution in [1.82, 2.24) is 0 Å². The number of benzene rings is 3. The second-order valence-corrected chi connectivity index (χ2v) is 6.39. The lowest BCUT2D eigenvalue weighted by atomic mass is 9.98. The summed E-state index contributed by atoms with van der Waals surface area (Å²) in [5.41, 5.74) is 7.70. The van der Waals surface area contributed by atoms with Crippen LogP contribution in [0.15, 0.2) is 66.7 Å². The lowest BCUT2D eigenvalue weighted by molar-refractivity contribution is 0.0706. The average molecular weight is 346 g/mol. The Hall–Kier alpha value is -2.62. The first-order valence-electron chi connectivity index (χ1n) is 8.99. The van der Waals surface area contributed by atoms with Crippen LogP contribution in [0.4, 0.5) is 0 Å². The molecule has 0 bridgehead atoms. The molecule has 0 atom stereocenters. The standard InChI is InChI=1S/C23H22O3/c24-11-12-25-13-14-26-23-8-4-3-7-22(23)18-9-10-21-19(16-18)15-17-5-1-2-6-20(17)21/h1-10,16,24H,11-15H2. The zero-order chi connectivity index (χ0) is 17.8. The Morgan fingerprint density at radius 3 is 2.38 bits per heavy atom. The Morgan fingerprint density at radius 2 is 1.50 bits per heavy atom. The fourth-order valence-corrected chi connectivity index (χ4v) is 3.52. The molecule has 0 fully saturated rings. The van der Waals surface area contributed by atoms with E-state index in [1.54, 1.807) is 0 Å². The molecule has 4 rings (SSSR count). The largest absolute Gasteiger partial charge is 0.491 e. The predicted molar refractivity (Wildman–Crippen MR) is 104 cm³/mol. The molecule has 132 valence electrons. The summed E-state index contributed by atoms with van der Waals surface area (Å²) in [6.45, 7) is 1.31. The molecule has 0 radical (unpaired) electrons. The molecule has 3 nitrogen and oxygen atoms in total. The molecule has 3 aromatic carbocycles. The van der Waals surface area contributed by atoms with Crippen molar-refractivity contribution < 1.29 is 14.6 Å². The summed E-state index contributed by atoms with van der Waals surface area (Å²) >= 11 is 0. The van der Waals surface area contributed by atoms with Crippen molar-refractivity contribution in [3.05, 3.63) is 77.9 Å². The minimum Gasteiger partial charge on any atom is -0.491 e. The Bertz CT molecular complexity index is 901. The van der Waals surface area contributed by atoms with E-state index in [2.05, 4.69) is 48.5 Å². The highest BCUT2D eigenvalue weighted by Gasteiger charge is 2.18. The van der Waals surface area contributed by atoms with E-state index < -0.39 is 0 Å². The van der Waals surface area contributed by atoms with E-state index in [0.29, 0.717) is 19.8 Å². The summed E-state index contributed by atoms with van der Waals surface area (Å²) in [5, 5.41) is 8.75. The molecule has 0 aromatic heterocycles. The first-order chi connectivity index (χ1) is 12.9. The van der Waals surface area contributed by atoms with Gasteiger partial charge in [-0.1, -0.05) is 60.7 Å². The van der Waals surface area contributed by atoms with Gasteiger partial charge in [0, 0.05) is 5.56 Å². The number of hydrogen-bond acceptors (Lipinski definition) is 3. The van der Waals surface area contributed by atoms with Gasteiger partial charge in [-0.3, -0.25) is 0 Å². The summed E-state index contributed by atoms with van der Waals surface area (Å²) in [6, 6.07) is 23.4. The van der Waals surface area contributed by atoms with Crippen LogP contribution in [0, 0.1) is 0 Å². The van der Waals surface area contributed by atoms with Gasteiger partial charge >= 0.3 is 0 Å². The minimum absolute atomic E-state index is 0.0358. The molecule has 3 aromatic rings. The van der Waals surface area contributed by atoms with Crippen LogP contribution in [0.2, 0.25) is 0 Å². The smallest absolute Gasteiger partial charge is 0.127 e. The number of aliphatic hydroxyl groups is 1. The second-order valence-electron chi connectivity index (χ2n) is 6.39. The highest BCUT2D eigenvalue weighted by atomic mass is 16.5. The van der Waals surface area contributed by atoms with Crippen LogP contribution in [-0.2, 0) is 11.2 Å². The maximum absolute atomic E-state index is 8.75. The molecular weight excluding hydrogens is 324 g/mol. The van der Waals surface area contributed by atoms with E-state index in [1.807, 2.05) is 18.2 Å². The van der Waals surface area contributed by atoms with Crippen LogP contribution in [-0.4, -0.2) is 31.5 Å². The Balaban J connectivity index is 1.56. The number of ether oxygens (including phenoxy) is 2. The second kappa shape index (κ2) is 7.73. The van der Waals surface area contributed by atoms with Gasteiger partial charge in [0.15, 0.2) is 0 Å². The van der Waals surface area contributed by atoms with Gasteiger partial charge in [0.25, 0.3) is 0 Å². The van der Waals surface area contributed by atoms with Gasteiger partial charge in [-0.2, -0.15) is 0 Å². The molecule has 0 unspecified atom stereocenters. The van der Waals surface area contributed by atoms with Crippen molar-refractivity contribution in [3.8, 4) is 28.0 Å². The molecule has 3 heteroatoms. The van der Waals surface area contributed by atoms with Gasteiger partial charge in [-0.15, -0.1) is 0 Å². The lowest BCUT2D eigenvalue weighted by Gasteiger charge is -2.13. The molecular formula is C23H22O3. The van der Waals surface area contributed by atoms with Crippen LogP contribution < -0.4 is 4.74 Å². The topological polar surface area (TPSA) is 38.7 Å². The molecule has 26 heavy (non-hydrogen) atoms. The van der Waals surface area contributed by atoms with Gasteiger partial charge in [-0.05, 0) is 40.3 Å². The molecule has 1 aliphatic rings. The fraction of sp³-hybridized carbons (Fsp3) is 0.217. The number of fused-ring (bicyclic) bond motifs is 3. The van der Waals surface area contributed by atoms with E-state index in [-0.39, 0.29) is 6.61 Å². The van der Waals surface area contributed by atoms with Gasteiger partial charge in [0.1, 0.15) is 12.4 Å². The molecule has 1 N–H and O–H groups in total. The number of para-hydroxylation sites is 1. The first kappa shape index (κ1) is 16.8. The Labute approximate surface area is 153 Å². The van der Waals surface area contributed by atoms with Crippen molar-refractivity contribution >= 4 is 0 Å². The number of hydrogen-bond donors (Lipinski definition) is 1. The predicted octanol–water partition coefficient (Wildman–Crippen LogP) is 4.31. The van der Waals surface area contributed by atoms with Crippen LogP contribution in [0.25, 0.3) is 22.3 Å². The van der Waals surface area contributed by atoms with Gasteiger partial charge in [-0.25, -0.2) is 0 Å². The Kier molecular flexibility index (Phi) is 5.00. The monoisotopic (exact) mass is 346 g/mol. The Morgan fingerprint density at radius 1 is 0.731 bits per heavy atom. The van der Waals surface area contributed by atoms with Crippen LogP contribution in [0.3, 0.4) is 0 Å². The quantitative estimate of drug-likeness (QED) is 0.507. The van der Waals surface area contributed by atoms with Crippen molar-refractivity contribution in [2.24, 2.45) is 0 Å². The van der Waals surface area contributed by atoms with Crippen molar-refractivity contribution in [3.63, 3.8) is 0 Å². The molecule has 0 saturated heterocycles. The molecule has 0 spiro atoms. The van der Waals surface area contributed by atoms with E-state index in [0.717, 1.165) is 17.7 Å². The maximum Gasteiger partial charge on any atom is 0.127 e. The molecule has 0 amide bonds. The molecule has 0 heterocycles. The van der Waals surface area contributed by atoms with Gasteiger partial charge in [0.05, 0.1) is 19.8 Å². The maximum atomic E-state index is 8.75. The molecule has 0 aliphatic heterocycles. The first-order valence-corrected chi connectivity index (χ1v) is 8.99. The van der Waals surface area contributed by atoms with Gasteiger partial charge < -0.3 is 14.6 Å². The third-order valence-corrected chi connectivity index (χ3v) is 4.71. The third kappa shape index (κ3) is 3.36. The summed E-state index contributed by atoms with van der Waals surface area (Å²) in [7, 11) is 0. The highest BCUT2D eigenvalue weighted by Crippen LogP contribution is 2.39. The van der Waals surface area contributed by atoms with E-state index in [9.17, 15) is 0 Å². The fourth-order valence-electron chi connectivity index (χ4n) is 3.52. The average Bonchev–Trinajstić information content (AvgIpc) is 3.06. The summed E-state index contributed by atoms with van der Waals surface area (Å²) < 4.78 is 11.2. The van der Waals surface area contributed by atoms with Crippen molar-refractivity contribution in [2.75, 3.05) is 26.4 Å². The third-order valence-electron chi connectivity index (χ3n) is 4.71. The zero-order valence-corrected chi connectivity index (χ0v) is 14.7. The summed E-state index contributed by atoms with van der Waals surface area (Å²) in [5.74, 6) is 0.857. The summed E-state index contributed by atoms with van der Waals surface area (Å²) in [6.07, 6.45) is 0.984. The number of aliphatic hydroxyl groups excluding tert-OH is 1. The van der Waals surface area contributed by atoms with Crippen molar-refractivity contribution in [2.45, 2.75) is 6.42 Å². The van der Waals surface area contributed by atoms with Crippen LogP contribution in [0.1, 0.15) is 11.1 Å². The van der Waals surface area contributed by atoms with Crippen LogP contribution >= 0.6 is 0 Å². The number of rotatable bonds is 7. The van der Waals surface area contributed by atoms with E-state index in [1.165, 1.54) is 27.8 Å². The SMILES string of the molecule is OCCOCCOc1ccccc1-c1ccc2c(c1)Cc1ccccc1-2. The van der Waals surface area contributed by atoms with Gasteiger partial charge in [0.2, 0.25) is 0 Å².